The van der Waals surface area contributed by atoms with Crippen LogP contribution in [-0.2, 0) is 21.2 Å². The van der Waals surface area contributed by atoms with Gasteiger partial charge in [0, 0.05) is 10.6 Å². The zero-order valence-electron chi connectivity index (χ0n) is 18.4. The van der Waals surface area contributed by atoms with Crippen LogP contribution in [-0.4, -0.2) is 26.4 Å². The summed E-state index contributed by atoms with van der Waals surface area (Å²) in [5.41, 5.74) is 1.60. The van der Waals surface area contributed by atoms with Gasteiger partial charge in [-0.1, -0.05) is 60.1 Å². The van der Waals surface area contributed by atoms with Crippen molar-refractivity contribution in [2.24, 2.45) is 0 Å². The maximum atomic E-state index is 13.5. The molecule has 0 heterocycles. The second-order valence-corrected chi connectivity index (χ2v) is 10.6. The van der Waals surface area contributed by atoms with Crippen LogP contribution in [0.5, 0.6) is 0 Å². The van der Waals surface area contributed by atoms with E-state index in [2.05, 4.69) is 5.32 Å². The first kappa shape index (κ1) is 23.8. The Morgan fingerprint density at radius 3 is 2.16 bits per heavy atom. The van der Waals surface area contributed by atoms with E-state index in [1.807, 2.05) is 44.2 Å². The lowest BCUT2D eigenvalue weighted by molar-refractivity contribution is -0.121. The second kappa shape index (κ2) is 9.76. The molecule has 0 fully saturated rings. The molecular weight excluding hydrogens is 444 g/mol. The lowest BCUT2D eigenvalue weighted by Gasteiger charge is -2.30. The molecule has 0 bridgehead atoms. The molecule has 0 aliphatic rings. The van der Waals surface area contributed by atoms with Crippen molar-refractivity contribution in [3.63, 3.8) is 0 Å². The molecule has 0 aliphatic heterocycles. The zero-order chi connectivity index (χ0) is 23.4. The van der Waals surface area contributed by atoms with Crippen molar-refractivity contribution in [2.45, 2.75) is 37.6 Å². The highest BCUT2D eigenvalue weighted by Crippen LogP contribution is 2.29. The fourth-order valence-corrected chi connectivity index (χ4v) is 5.35. The van der Waals surface area contributed by atoms with Gasteiger partial charge in [0.25, 0.3) is 10.0 Å². The van der Waals surface area contributed by atoms with Crippen LogP contribution in [0.25, 0.3) is 0 Å². The van der Waals surface area contributed by atoms with Gasteiger partial charge < -0.3 is 5.32 Å². The van der Waals surface area contributed by atoms with E-state index in [1.54, 1.807) is 43.3 Å². The monoisotopic (exact) mass is 470 g/mol. The molecule has 0 radical (unpaired) electrons. The third kappa shape index (κ3) is 5.90. The largest absolute Gasteiger partial charge is 0.349 e. The first-order valence-corrected chi connectivity index (χ1v) is 12.1. The van der Waals surface area contributed by atoms with Crippen LogP contribution < -0.4 is 9.62 Å². The van der Waals surface area contributed by atoms with Crippen molar-refractivity contribution in [2.75, 3.05) is 10.8 Å². The Balaban J connectivity index is 1.89. The Hall–Kier alpha value is -2.83. The standard InChI is InChI=1S/C25H27ClN2O3S/c1-19-16-21(26)14-15-23(19)28(32(30,31)22-12-8-5-9-13-22)18-24(29)27-25(2,3)17-20-10-6-4-7-11-20/h4-16H,17-18H2,1-3H3,(H,27,29). The Bertz CT molecular complexity index is 1180. The predicted octanol–water partition coefficient (Wildman–Crippen LogP) is 4.98. The molecule has 3 aromatic carbocycles. The molecule has 1 amide bonds. The number of carbonyl (C=O) groups excluding carboxylic acids is 1. The van der Waals surface area contributed by atoms with Crippen molar-refractivity contribution in [1.82, 2.24) is 5.32 Å². The average Bonchev–Trinajstić information content (AvgIpc) is 2.73. The highest BCUT2D eigenvalue weighted by Gasteiger charge is 2.30. The SMILES string of the molecule is Cc1cc(Cl)ccc1N(CC(=O)NC(C)(C)Cc1ccccc1)S(=O)(=O)c1ccccc1. The first-order chi connectivity index (χ1) is 15.1. The molecule has 168 valence electrons. The number of sulfonamides is 1. The summed E-state index contributed by atoms with van der Waals surface area (Å²) in [5.74, 6) is -0.389. The molecule has 0 saturated heterocycles. The van der Waals surface area contributed by atoms with Crippen LogP contribution in [0.4, 0.5) is 5.69 Å². The fraction of sp³-hybridized carbons (Fsp3) is 0.240. The summed E-state index contributed by atoms with van der Waals surface area (Å²) in [4.78, 5) is 13.2. The number of hydrogen-bond acceptors (Lipinski definition) is 3. The van der Waals surface area contributed by atoms with E-state index in [4.69, 9.17) is 11.6 Å². The van der Waals surface area contributed by atoms with E-state index in [9.17, 15) is 13.2 Å². The molecule has 0 unspecified atom stereocenters. The molecule has 0 saturated carbocycles. The molecule has 5 nitrogen and oxygen atoms in total. The van der Waals surface area contributed by atoms with E-state index >= 15 is 0 Å². The Morgan fingerprint density at radius 2 is 1.56 bits per heavy atom. The third-order valence-corrected chi connectivity index (χ3v) is 7.02. The third-order valence-electron chi connectivity index (χ3n) is 5.01. The molecule has 32 heavy (non-hydrogen) atoms. The summed E-state index contributed by atoms with van der Waals surface area (Å²) < 4.78 is 28.1. The average molecular weight is 471 g/mol. The number of nitrogens with zero attached hydrogens (tertiary/aromatic N) is 1. The summed E-state index contributed by atoms with van der Waals surface area (Å²) in [6.45, 7) is 5.26. The predicted molar refractivity (Wildman–Crippen MR) is 130 cm³/mol. The number of nitrogens with one attached hydrogen (secondary N) is 1. The van der Waals surface area contributed by atoms with E-state index in [0.717, 1.165) is 9.87 Å². The van der Waals surface area contributed by atoms with Crippen LogP contribution in [0.1, 0.15) is 25.0 Å². The summed E-state index contributed by atoms with van der Waals surface area (Å²) in [6.07, 6.45) is 0.616. The van der Waals surface area contributed by atoms with Crippen LogP contribution in [0.15, 0.2) is 83.8 Å². The minimum atomic E-state index is -3.97. The zero-order valence-corrected chi connectivity index (χ0v) is 20.0. The van der Waals surface area contributed by atoms with E-state index in [1.165, 1.54) is 12.1 Å². The van der Waals surface area contributed by atoms with E-state index in [-0.39, 0.29) is 17.3 Å². The molecule has 1 N–H and O–H groups in total. The molecular formula is C25H27ClN2O3S. The van der Waals surface area contributed by atoms with Gasteiger partial charge in [-0.15, -0.1) is 0 Å². The molecule has 0 aromatic heterocycles. The number of rotatable bonds is 8. The second-order valence-electron chi connectivity index (χ2n) is 8.35. The van der Waals surface area contributed by atoms with E-state index < -0.39 is 15.6 Å². The normalized spacial score (nSPS) is 11.8. The topological polar surface area (TPSA) is 66.5 Å². The Kier molecular flexibility index (Phi) is 7.26. The maximum Gasteiger partial charge on any atom is 0.264 e. The van der Waals surface area contributed by atoms with E-state index in [0.29, 0.717) is 22.7 Å². The lowest BCUT2D eigenvalue weighted by Crippen LogP contribution is -2.50. The van der Waals surface area contributed by atoms with Crippen molar-refractivity contribution < 1.29 is 13.2 Å². The van der Waals surface area contributed by atoms with Gasteiger partial charge in [-0.2, -0.15) is 0 Å². The number of halogens is 1. The maximum absolute atomic E-state index is 13.5. The van der Waals surface area contributed by atoms with Crippen molar-refractivity contribution in [3.8, 4) is 0 Å². The molecule has 0 aliphatic carbocycles. The number of hydrogen-bond donors (Lipinski definition) is 1. The van der Waals surface area contributed by atoms with Crippen molar-refractivity contribution in [1.29, 1.82) is 0 Å². The minimum Gasteiger partial charge on any atom is -0.349 e. The summed E-state index contributed by atoms with van der Waals surface area (Å²) in [5, 5.41) is 3.49. The van der Waals surface area contributed by atoms with Gasteiger partial charge in [0.1, 0.15) is 6.54 Å². The van der Waals surface area contributed by atoms with Gasteiger partial charge in [0.05, 0.1) is 10.6 Å². The van der Waals surface area contributed by atoms with Gasteiger partial charge in [0.15, 0.2) is 0 Å². The van der Waals surface area contributed by atoms with Gasteiger partial charge in [-0.25, -0.2) is 8.42 Å². The van der Waals surface area contributed by atoms with Crippen LogP contribution >= 0.6 is 11.6 Å². The summed E-state index contributed by atoms with van der Waals surface area (Å²) >= 11 is 6.08. The number of aryl methyl sites for hydroxylation is 1. The molecule has 3 aromatic rings. The minimum absolute atomic E-state index is 0.116. The Morgan fingerprint density at radius 1 is 0.969 bits per heavy atom. The van der Waals surface area contributed by atoms with Crippen LogP contribution in [0.2, 0.25) is 5.02 Å². The number of amides is 1. The smallest absolute Gasteiger partial charge is 0.264 e. The van der Waals surface area contributed by atoms with Gasteiger partial charge in [-0.3, -0.25) is 9.10 Å². The van der Waals surface area contributed by atoms with Crippen molar-refractivity contribution >= 4 is 33.2 Å². The highest BCUT2D eigenvalue weighted by molar-refractivity contribution is 7.92. The van der Waals surface area contributed by atoms with Crippen LogP contribution in [0, 0.1) is 6.92 Å². The molecule has 7 heteroatoms. The number of benzene rings is 3. The highest BCUT2D eigenvalue weighted by atomic mass is 35.5. The van der Waals surface area contributed by atoms with Gasteiger partial charge in [0.2, 0.25) is 5.91 Å². The first-order valence-electron chi connectivity index (χ1n) is 10.3. The van der Waals surface area contributed by atoms with Gasteiger partial charge >= 0.3 is 0 Å². The number of anilines is 1. The van der Waals surface area contributed by atoms with Crippen molar-refractivity contribution in [3.05, 3.63) is 95.0 Å². The summed E-state index contributed by atoms with van der Waals surface area (Å²) in [7, 11) is -3.97. The number of carbonyl (C=O) groups is 1. The van der Waals surface area contributed by atoms with Gasteiger partial charge in [-0.05, 0) is 68.7 Å². The van der Waals surface area contributed by atoms with Crippen LogP contribution in [0.3, 0.4) is 0 Å². The lowest BCUT2D eigenvalue weighted by atomic mass is 9.95. The molecule has 0 spiro atoms. The Labute approximate surface area is 195 Å². The quantitative estimate of drug-likeness (QED) is 0.504. The fourth-order valence-electron chi connectivity index (χ4n) is 3.62. The molecule has 0 atom stereocenters. The summed E-state index contributed by atoms with van der Waals surface area (Å²) in [6, 6.07) is 22.9. The molecule has 3 rings (SSSR count).